The highest BCUT2D eigenvalue weighted by molar-refractivity contribution is 6.20. The molecule has 2 aliphatic rings. The molecule has 1 saturated carbocycles. The molecule has 0 radical (unpaired) electrons. The number of allylic oxidation sites excluding steroid dienone is 2. The van der Waals surface area contributed by atoms with Crippen LogP contribution >= 0.6 is 11.6 Å². The molecule has 80 valence electrons. The molecule has 0 amide bonds. The van der Waals surface area contributed by atoms with Crippen LogP contribution < -0.4 is 0 Å². The second-order valence-electron chi connectivity index (χ2n) is 5.49. The van der Waals surface area contributed by atoms with E-state index < -0.39 is 0 Å². The quantitative estimate of drug-likeness (QED) is 0.413. The minimum atomic E-state index is 0.398. The molecule has 0 nitrogen and oxygen atoms in total. The van der Waals surface area contributed by atoms with E-state index in [1.807, 2.05) is 0 Å². The average molecular weight is 213 g/mol. The highest BCUT2D eigenvalue weighted by Crippen LogP contribution is 2.52. The molecule has 0 spiro atoms. The zero-order chi connectivity index (χ0) is 10.3. The Kier molecular flexibility index (Phi) is 2.68. The monoisotopic (exact) mass is 212 g/mol. The summed E-state index contributed by atoms with van der Waals surface area (Å²) in [4.78, 5) is 0. The first-order valence-corrected chi connectivity index (χ1v) is 6.31. The predicted molar refractivity (Wildman–Crippen MR) is 62.6 cm³/mol. The maximum Gasteiger partial charge on any atom is 0.0373 e. The van der Waals surface area contributed by atoms with Gasteiger partial charge in [-0.25, -0.2) is 0 Å². The SMILES string of the molecule is C[C@@H]1CC=C2C[C@H](Cl)CC[C@]2(C)[C@@H]1C. The first kappa shape index (κ1) is 10.5. The van der Waals surface area contributed by atoms with Crippen molar-refractivity contribution in [3.05, 3.63) is 11.6 Å². The molecule has 0 saturated heterocycles. The van der Waals surface area contributed by atoms with Crippen molar-refractivity contribution in [2.24, 2.45) is 17.3 Å². The third kappa shape index (κ3) is 1.52. The molecule has 0 aromatic rings. The van der Waals surface area contributed by atoms with Crippen LogP contribution in [0.5, 0.6) is 0 Å². The van der Waals surface area contributed by atoms with Crippen molar-refractivity contribution >= 4 is 11.6 Å². The van der Waals surface area contributed by atoms with Gasteiger partial charge in [0.15, 0.2) is 0 Å². The first-order valence-electron chi connectivity index (χ1n) is 5.87. The van der Waals surface area contributed by atoms with Gasteiger partial charge in [-0.15, -0.1) is 11.6 Å². The summed E-state index contributed by atoms with van der Waals surface area (Å²) in [6.07, 6.45) is 7.36. The van der Waals surface area contributed by atoms with E-state index in [0.717, 1.165) is 18.3 Å². The van der Waals surface area contributed by atoms with Crippen LogP contribution in [0.4, 0.5) is 0 Å². The third-order valence-electron chi connectivity index (χ3n) is 4.75. The summed E-state index contributed by atoms with van der Waals surface area (Å²) in [6, 6.07) is 0. The summed E-state index contributed by atoms with van der Waals surface area (Å²) in [6.45, 7) is 7.25. The van der Waals surface area contributed by atoms with E-state index in [1.54, 1.807) is 5.57 Å². The number of alkyl halides is 1. The number of hydrogen-bond donors (Lipinski definition) is 0. The molecule has 0 aliphatic heterocycles. The number of fused-ring (bicyclic) bond motifs is 1. The van der Waals surface area contributed by atoms with Crippen molar-refractivity contribution in [2.75, 3.05) is 0 Å². The van der Waals surface area contributed by atoms with Crippen molar-refractivity contribution in [2.45, 2.75) is 51.8 Å². The lowest BCUT2D eigenvalue weighted by Crippen LogP contribution is -2.39. The molecule has 2 aliphatic carbocycles. The van der Waals surface area contributed by atoms with Gasteiger partial charge in [-0.1, -0.05) is 32.4 Å². The molecular formula is C13H21Cl. The van der Waals surface area contributed by atoms with Gasteiger partial charge in [0.2, 0.25) is 0 Å². The van der Waals surface area contributed by atoms with Crippen LogP contribution in [0.25, 0.3) is 0 Å². The average Bonchev–Trinajstić information content (AvgIpc) is 2.16. The van der Waals surface area contributed by atoms with Gasteiger partial charge in [-0.3, -0.25) is 0 Å². The standard InChI is InChI=1S/C13H21Cl/c1-9-4-5-11-8-12(14)6-7-13(11,3)10(9)2/h5,9-10,12H,4,6-8H2,1-3H3/t9-,10-,12-,13-/m1/s1. The summed E-state index contributed by atoms with van der Waals surface area (Å²) < 4.78 is 0. The second kappa shape index (κ2) is 3.56. The predicted octanol–water partition coefficient (Wildman–Crippen LogP) is 4.39. The van der Waals surface area contributed by atoms with E-state index in [2.05, 4.69) is 26.8 Å². The fraction of sp³-hybridized carbons (Fsp3) is 0.846. The summed E-state index contributed by atoms with van der Waals surface area (Å²) >= 11 is 6.24. The first-order chi connectivity index (χ1) is 6.54. The zero-order valence-electron chi connectivity index (χ0n) is 9.52. The Balaban J connectivity index is 2.28. The zero-order valence-corrected chi connectivity index (χ0v) is 10.3. The molecule has 14 heavy (non-hydrogen) atoms. The largest absolute Gasteiger partial charge is 0.123 e. The minimum absolute atomic E-state index is 0.398. The molecule has 1 fully saturated rings. The number of hydrogen-bond acceptors (Lipinski definition) is 0. The van der Waals surface area contributed by atoms with Gasteiger partial charge in [0.25, 0.3) is 0 Å². The van der Waals surface area contributed by atoms with E-state index in [-0.39, 0.29) is 0 Å². The molecular weight excluding hydrogens is 192 g/mol. The lowest BCUT2D eigenvalue weighted by atomic mass is 9.58. The number of halogens is 1. The van der Waals surface area contributed by atoms with Crippen molar-refractivity contribution in [1.29, 1.82) is 0 Å². The Labute approximate surface area is 92.7 Å². The van der Waals surface area contributed by atoms with E-state index in [1.165, 1.54) is 19.3 Å². The van der Waals surface area contributed by atoms with Crippen LogP contribution in [0, 0.1) is 17.3 Å². The fourth-order valence-corrected chi connectivity index (χ4v) is 3.46. The second-order valence-corrected chi connectivity index (χ2v) is 6.11. The highest BCUT2D eigenvalue weighted by atomic mass is 35.5. The van der Waals surface area contributed by atoms with Crippen LogP contribution in [-0.2, 0) is 0 Å². The van der Waals surface area contributed by atoms with Gasteiger partial charge in [0, 0.05) is 5.38 Å². The maximum absolute atomic E-state index is 6.24. The van der Waals surface area contributed by atoms with Crippen LogP contribution in [-0.4, -0.2) is 5.38 Å². The maximum atomic E-state index is 6.24. The van der Waals surface area contributed by atoms with E-state index in [4.69, 9.17) is 11.6 Å². The van der Waals surface area contributed by atoms with Gasteiger partial charge < -0.3 is 0 Å². The van der Waals surface area contributed by atoms with Crippen LogP contribution in [0.2, 0.25) is 0 Å². The fourth-order valence-electron chi connectivity index (χ4n) is 3.19. The lowest BCUT2D eigenvalue weighted by molar-refractivity contribution is 0.134. The number of rotatable bonds is 0. The normalized spacial score (nSPS) is 48.3. The van der Waals surface area contributed by atoms with Crippen LogP contribution in [0.3, 0.4) is 0 Å². The van der Waals surface area contributed by atoms with Crippen molar-refractivity contribution < 1.29 is 0 Å². The molecule has 4 atom stereocenters. The van der Waals surface area contributed by atoms with E-state index >= 15 is 0 Å². The summed E-state index contributed by atoms with van der Waals surface area (Å²) in [5, 5.41) is 0.398. The Morgan fingerprint density at radius 3 is 2.86 bits per heavy atom. The van der Waals surface area contributed by atoms with Gasteiger partial charge in [-0.05, 0) is 42.9 Å². The molecule has 0 bridgehead atoms. The molecule has 2 rings (SSSR count). The summed E-state index contributed by atoms with van der Waals surface area (Å²) in [5.74, 6) is 1.67. The van der Waals surface area contributed by atoms with Crippen molar-refractivity contribution in [1.82, 2.24) is 0 Å². The molecule has 0 aromatic carbocycles. The molecule has 0 unspecified atom stereocenters. The molecule has 0 N–H and O–H groups in total. The van der Waals surface area contributed by atoms with E-state index in [9.17, 15) is 0 Å². The molecule has 0 aromatic heterocycles. The highest BCUT2D eigenvalue weighted by Gasteiger charge is 2.42. The molecule has 0 heterocycles. The van der Waals surface area contributed by atoms with Gasteiger partial charge >= 0.3 is 0 Å². The van der Waals surface area contributed by atoms with Crippen molar-refractivity contribution in [3.63, 3.8) is 0 Å². The van der Waals surface area contributed by atoms with Gasteiger partial charge in [0.1, 0.15) is 0 Å². The Morgan fingerprint density at radius 1 is 1.43 bits per heavy atom. The summed E-state index contributed by atoms with van der Waals surface area (Å²) in [5.41, 5.74) is 2.11. The Morgan fingerprint density at radius 2 is 2.14 bits per heavy atom. The Hall–Kier alpha value is 0.0300. The molecule has 1 heteroatoms. The van der Waals surface area contributed by atoms with Gasteiger partial charge in [-0.2, -0.15) is 0 Å². The minimum Gasteiger partial charge on any atom is -0.123 e. The van der Waals surface area contributed by atoms with Crippen LogP contribution in [0.1, 0.15) is 46.5 Å². The van der Waals surface area contributed by atoms with Gasteiger partial charge in [0.05, 0.1) is 0 Å². The van der Waals surface area contributed by atoms with Crippen LogP contribution in [0.15, 0.2) is 11.6 Å². The lowest BCUT2D eigenvalue weighted by Gasteiger charge is -2.48. The smallest absolute Gasteiger partial charge is 0.0373 e. The third-order valence-corrected chi connectivity index (χ3v) is 5.12. The van der Waals surface area contributed by atoms with E-state index in [0.29, 0.717) is 10.8 Å². The van der Waals surface area contributed by atoms with Crippen molar-refractivity contribution in [3.8, 4) is 0 Å². The Bertz CT molecular complexity index is 256. The topological polar surface area (TPSA) is 0 Å². The summed E-state index contributed by atoms with van der Waals surface area (Å²) in [7, 11) is 0.